The van der Waals surface area contributed by atoms with Gasteiger partial charge in [0.05, 0.1) is 0 Å². The van der Waals surface area contributed by atoms with Gasteiger partial charge in [0, 0.05) is 24.2 Å². The zero-order valence-electron chi connectivity index (χ0n) is 13.1. The average Bonchev–Trinajstić information content (AvgIpc) is 2.35. The Labute approximate surface area is 124 Å². The topological polar surface area (TPSA) is 29.3 Å². The van der Waals surface area contributed by atoms with Crippen LogP contribution >= 0.6 is 0 Å². The van der Waals surface area contributed by atoms with Crippen LogP contribution in [0.1, 0.15) is 71.1 Å². The molecule has 2 N–H and O–H groups in total. The summed E-state index contributed by atoms with van der Waals surface area (Å²) in [7, 11) is 0. The van der Waals surface area contributed by atoms with E-state index in [0.717, 1.165) is 35.9 Å². The average molecular weight is 276 g/mol. The minimum atomic E-state index is 0.490. The Morgan fingerprint density at radius 1 is 0.750 bits per heavy atom. The number of fused-ring (bicyclic) bond motifs is 4. The van der Waals surface area contributed by atoms with E-state index >= 15 is 0 Å². The minimum Gasteiger partial charge on any atom is -0.328 e. The van der Waals surface area contributed by atoms with Crippen molar-refractivity contribution in [2.24, 2.45) is 23.5 Å². The van der Waals surface area contributed by atoms with Crippen molar-refractivity contribution >= 4 is 0 Å². The smallest absolute Gasteiger partial charge is 0.0116 e. The lowest BCUT2D eigenvalue weighted by molar-refractivity contribution is -0.0445. The van der Waals surface area contributed by atoms with Gasteiger partial charge in [-0.15, -0.1) is 0 Å². The van der Waals surface area contributed by atoms with Crippen LogP contribution in [0, 0.1) is 17.8 Å². The Bertz CT molecular complexity index is 323. The molecule has 114 valence electrons. The van der Waals surface area contributed by atoms with E-state index in [2.05, 4.69) is 11.8 Å². The number of rotatable bonds is 1. The molecular weight excluding hydrogens is 244 g/mol. The van der Waals surface area contributed by atoms with Crippen molar-refractivity contribution < 1.29 is 0 Å². The zero-order chi connectivity index (χ0) is 13.7. The number of hydrogen-bond donors (Lipinski definition) is 1. The SMILES string of the molecule is CC1C[C@@H]2CC(N3[C@@H]4CCC[C@H]3CC(N)C4)C[C@H](C1)C2. The van der Waals surface area contributed by atoms with Crippen LogP contribution in [0.2, 0.25) is 0 Å². The van der Waals surface area contributed by atoms with Crippen LogP contribution in [-0.4, -0.2) is 29.1 Å². The first-order valence-corrected chi connectivity index (χ1v) is 9.22. The van der Waals surface area contributed by atoms with Gasteiger partial charge in [0.1, 0.15) is 0 Å². The van der Waals surface area contributed by atoms with Crippen LogP contribution in [0.15, 0.2) is 0 Å². The second kappa shape index (κ2) is 5.28. The first kappa shape index (κ1) is 13.6. The highest BCUT2D eigenvalue weighted by atomic mass is 15.2. The molecule has 4 rings (SSSR count). The van der Waals surface area contributed by atoms with Crippen molar-refractivity contribution in [2.75, 3.05) is 0 Å². The van der Waals surface area contributed by atoms with Gasteiger partial charge in [0.15, 0.2) is 0 Å². The predicted octanol–water partition coefficient (Wildman–Crippen LogP) is 3.55. The summed E-state index contributed by atoms with van der Waals surface area (Å²) in [5.74, 6) is 3.08. The fourth-order valence-corrected chi connectivity index (χ4v) is 6.45. The van der Waals surface area contributed by atoms with E-state index in [1.54, 1.807) is 6.42 Å². The maximum atomic E-state index is 6.30. The maximum Gasteiger partial charge on any atom is 0.0116 e. The van der Waals surface area contributed by atoms with Crippen molar-refractivity contribution in [1.82, 2.24) is 4.90 Å². The van der Waals surface area contributed by atoms with Gasteiger partial charge in [-0.05, 0) is 75.5 Å². The molecule has 4 bridgehead atoms. The van der Waals surface area contributed by atoms with Gasteiger partial charge in [-0.3, -0.25) is 4.90 Å². The van der Waals surface area contributed by atoms with E-state index in [1.807, 2.05) is 0 Å². The highest BCUT2D eigenvalue weighted by molar-refractivity contribution is 5.00. The van der Waals surface area contributed by atoms with Crippen molar-refractivity contribution in [2.45, 2.75) is 95.3 Å². The Kier molecular flexibility index (Phi) is 3.58. The summed E-state index contributed by atoms with van der Waals surface area (Å²) in [6.07, 6.45) is 14.4. The summed E-state index contributed by atoms with van der Waals surface area (Å²) in [6, 6.07) is 3.07. The quantitative estimate of drug-likeness (QED) is 0.793. The molecule has 3 unspecified atom stereocenters. The molecule has 2 saturated heterocycles. The van der Waals surface area contributed by atoms with E-state index in [1.165, 1.54) is 57.8 Å². The Morgan fingerprint density at radius 2 is 1.35 bits per heavy atom. The first-order valence-electron chi connectivity index (χ1n) is 9.22. The summed E-state index contributed by atoms with van der Waals surface area (Å²) in [5, 5.41) is 0. The zero-order valence-corrected chi connectivity index (χ0v) is 13.1. The van der Waals surface area contributed by atoms with Crippen LogP contribution in [-0.2, 0) is 0 Å². The normalized spacial score (nSPS) is 52.8. The number of nitrogens with two attached hydrogens (primary N) is 1. The van der Waals surface area contributed by atoms with Gasteiger partial charge in [0.2, 0.25) is 0 Å². The molecule has 2 heterocycles. The van der Waals surface area contributed by atoms with E-state index in [9.17, 15) is 0 Å². The van der Waals surface area contributed by atoms with Crippen LogP contribution < -0.4 is 5.73 Å². The van der Waals surface area contributed by atoms with Crippen molar-refractivity contribution in [3.05, 3.63) is 0 Å². The highest BCUT2D eigenvalue weighted by Crippen LogP contribution is 2.47. The molecule has 4 aliphatic rings. The molecule has 0 spiro atoms. The molecular formula is C18H32N2. The van der Waals surface area contributed by atoms with Gasteiger partial charge in [-0.25, -0.2) is 0 Å². The molecule has 20 heavy (non-hydrogen) atoms. The monoisotopic (exact) mass is 276 g/mol. The molecule has 2 saturated carbocycles. The molecule has 2 aliphatic heterocycles. The van der Waals surface area contributed by atoms with Crippen molar-refractivity contribution in [1.29, 1.82) is 0 Å². The summed E-state index contributed by atoms with van der Waals surface area (Å²) in [5.41, 5.74) is 6.30. The van der Waals surface area contributed by atoms with Gasteiger partial charge in [-0.2, -0.15) is 0 Å². The Balaban J connectivity index is 1.50. The minimum absolute atomic E-state index is 0.490. The lowest BCUT2D eigenvalue weighted by Gasteiger charge is -2.55. The van der Waals surface area contributed by atoms with Crippen molar-refractivity contribution in [3.63, 3.8) is 0 Å². The molecule has 2 aliphatic carbocycles. The second-order valence-corrected chi connectivity index (χ2v) is 8.59. The lowest BCUT2D eigenvalue weighted by atomic mass is 9.65. The van der Waals surface area contributed by atoms with Gasteiger partial charge in [0.25, 0.3) is 0 Å². The highest BCUT2D eigenvalue weighted by Gasteiger charge is 2.44. The third-order valence-corrected chi connectivity index (χ3v) is 6.84. The largest absolute Gasteiger partial charge is 0.328 e. The van der Waals surface area contributed by atoms with Crippen LogP contribution in [0.4, 0.5) is 0 Å². The fraction of sp³-hybridized carbons (Fsp3) is 1.00. The van der Waals surface area contributed by atoms with Gasteiger partial charge >= 0.3 is 0 Å². The molecule has 0 aromatic carbocycles. The third kappa shape index (κ3) is 2.43. The van der Waals surface area contributed by atoms with Gasteiger partial charge in [-0.1, -0.05) is 13.3 Å². The summed E-state index contributed by atoms with van der Waals surface area (Å²) in [6.45, 7) is 2.48. The van der Waals surface area contributed by atoms with Crippen molar-refractivity contribution in [3.8, 4) is 0 Å². The molecule has 2 nitrogen and oxygen atoms in total. The first-order chi connectivity index (χ1) is 9.69. The van der Waals surface area contributed by atoms with Crippen LogP contribution in [0.5, 0.6) is 0 Å². The predicted molar refractivity (Wildman–Crippen MR) is 83.5 cm³/mol. The van der Waals surface area contributed by atoms with E-state index < -0.39 is 0 Å². The van der Waals surface area contributed by atoms with Crippen LogP contribution in [0.25, 0.3) is 0 Å². The summed E-state index contributed by atoms with van der Waals surface area (Å²) in [4.78, 5) is 2.99. The van der Waals surface area contributed by atoms with E-state index in [-0.39, 0.29) is 0 Å². The fourth-order valence-electron chi connectivity index (χ4n) is 6.45. The number of hydrogen-bond acceptors (Lipinski definition) is 2. The number of piperidine rings is 2. The summed E-state index contributed by atoms with van der Waals surface area (Å²) >= 11 is 0. The van der Waals surface area contributed by atoms with Crippen LogP contribution in [0.3, 0.4) is 0 Å². The molecule has 0 aromatic heterocycles. The van der Waals surface area contributed by atoms with E-state index in [0.29, 0.717) is 6.04 Å². The summed E-state index contributed by atoms with van der Waals surface area (Å²) < 4.78 is 0. The molecule has 2 heteroatoms. The number of nitrogens with zero attached hydrogens (tertiary/aromatic N) is 1. The molecule has 4 fully saturated rings. The maximum absolute atomic E-state index is 6.30. The molecule has 0 radical (unpaired) electrons. The van der Waals surface area contributed by atoms with E-state index in [4.69, 9.17) is 5.73 Å². The third-order valence-electron chi connectivity index (χ3n) is 6.84. The molecule has 7 atom stereocenters. The molecule has 0 amide bonds. The standard InChI is InChI=1S/C18H32N2/c1-12-5-13-7-14(6-12)9-18(8-13)20-16-3-2-4-17(20)11-15(19)10-16/h12-18H,2-11,19H2,1H3/t12?,13-,14+,15?,16-,17+,18?. The van der Waals surface area contributed by atoms with Gasteiger partial charge < -0.3 is 5.73 Å². The molecule has 0 aromatic rings. The lowest BCUT2D eigenvalue weighted by Crippen LogP contribution is -2.60. The Morgan fingerprint density at radius 3 is 1.95 bits per heavy atom. The Hall–Kier alpha value is -0.0800. The second-order valence-electron chi connectivity index (χ2n) is 8.59.